The van der Waals surface area contributed by atoms with Gasteiger partial charge in [-0.1, -0.05) is 24.3 Å². The van der Waals surface area contributed by atoms with Gasteiger partial charge in [0.25, 0.3) is 5.69 Å². The summed E-state index contributed by atoms with van der Waals surface area (Å²) in [5.74, 6) is -0.644. The van der Waals surface area contributed by atoms with Crippen molar-refractivity contribution < 1.29 is 14.4 Å². The fourth-order valence-corrected chi connectivity index (χ4v) is 1.77. The van der Waals surface area contributed by atoms with Gasteiger partial charge in [0.2, 0.25) is 0 Å². The van der Waals surface area contributed by atoms with Crippen LogP contribution in [0.25, 0.3) is 0 Å². The summed E-state index contributed by atoms with van der Waals surface area (Å²) >= 11 is 0. The van der Waals surface area contributed by atoms with E-state index in [1.165, 1.54) is 12.1 Å². The summed E-state index contributed by atoms with van der Waals surface area (Å²) in [6.45, 7) is 0.343. The maximum absolute atomic E-state index is 13.0. The van der Waals surface area contributed by atoms with Crippen molar-refractivity contribution in [1.29, 1.82) is 0 Å². The zero-order valence-electron chi connectivity index (χ0n) is 10.5. The summed E-state index contributed by atoms with van der Waals surface area (Å²) in [5.41, 5.74) is 1.67. The van der Waals surface area contributed by atoms with Crippen molar-refractivity contribution >= 4 is 11.4 Å². The largest absolute Gasteiger partial charge is 0.392 e. The predicted octanol–water partition coefficient (Wildman–Crippen LogP) is 2.84. The molecule has 0 saturated carbocycles. The zero-order valence-corrected chi connectivity index (χ0v) is 10.5. The number of nitro groups is 1. The Morgan fingerprint density at radius 3 is 2.40 bits per heavy atom. The molecule has 20 heavy (non-hydrogen) atoms. The van der Waals surface area contributed by atoms with Gasteiger partial charge in [0.05, 0.1) is 17.6 Å². The van der Waals surface area contributed by atoms with Gasteiger partial charge in [-0.05, 0) is 23.3 Å². The van der Waals surface area contributed by atoms with Crippen LogP contribution >= 0.6 is 0 Å². The minimum atomic E-state index is -0.644. The monoisotopic (exact) mass is 276 g/mol. The first-order valence-corrected chi connectivity index (χ1v) is 5.96. The number of benzene rings is 2. The number of nitrogens with one attached hydrogen (secondary N) is 1. The van der Waals surface area contributed by atoms with Crippen molar-refractivity contribution in [2.24, 2.45) is 0 Å². The second-order valence-corrected chi connectivity index (χ2v) is 4.25. The van der Waals surface area contributed by atoms with Crippen LogP contribution in [0.15, 0.2) is 42.5 Å². The summed E-state index contributed by atoms with van der Waals surface area (Å²) in [6.07, 6.45) is 0. The van der Waals surface area contributed by atoms with Crippen LogP contribution in [-0.2, 0) is 13.2 Å². The number of hydrogen-bond acceptors (Lipinski definition) is 4. The molecule has 0 saturated heterocycles. The Labute approximate surface area is 114 Å². The van der Waals surface area contributed by atoms with Gasteiger partial charge in [0.1, 0.15) is 11.5 Å². The van der Waals surface area contributed by atoms with Crippen LogP contribution in [0.3, 0.4) is 0 Å². The highest BCUT2D eigenvalue weighted by atomic mass is 19.1. The minimum absolute atomic E-state index is 0.0306. The molecule has 0 aliphatic rings. The first kappa shape index (κ1) is 14.0. The maximum Gasteiger partial charge on any atom is 0.295 e. The number of nitrogens with zero attached hydrogens (tertiary/aromatic N) is 1. The summed E-state index contributed by atoms with van der Waals surface area (Å²) in [4.78, 5) is 10.2. The summed E-state index contributed by atoms with van der Waals surface area (Å²) < 4.78 is 13.0. The normalized spacial score (nSPS) is 10.3. The molecule has 0 bridgehead atoms. The molecular weight excluding hydrogens is 263 g/mol. The van der Waals surface area contributed by atoms with Crippen LogP contribution in [0.1, 0.15) is 11.1 Å². The molecule has 0 unspecified atom stereocenters. The van der Waals surface area contributed by atoms with E-state index in [4.69, 9.17) is 5.11 Å². The van der Waals surface area contributed by atoms with E-state index in [0.29, 0.717) is 6.54 Å². The molecule has 0 amide bonds. The summed E-state index contributed by atoms with van der Waals surface area (Å²) in [5, 5.41) is 22.7. The van der Waals surface area contributed by atoms with Crippen molar-refractivity contribution in [3.05, 3.63) is 69.5 Å². The molecule has 0 radical (unpaired) electrons. The average Bonchev–Trinajstić information content (AvgIpc) is 2.46. The van der Waals surface area contributed by atoms with Crippen molar-refractivity contribution in [2.45, 2.75) is 13.2 Å². The molecule has 2 aromatic rings. The van der Waals surface area contributed by atoms with Crippen molar-refractivity contribution in [3.63, 3.8) is 0 Å². The van der Waals surface area contributed by atoms with Crippen LogP contribution in [-0.4, -0.2) is 10.0 Å². The van der Waals surface area contributed by atoms with Gasteiger partial charge in [0.15, 0.2) is 0 Å². The Kier molecular flexibility index (Phi) is 4.27. The van der Waals surface area contributed by atoms with Crippen LogP contribution in [0, 0.1) is 15.9 Å². The van der Waals surface area contributed by atoms with Crippen molar-refractivity contribution in [1.82, 2.24) is 0 Å². The molecule has 2 N–H and O–H groups in total. The van der Waals surface area contributed by atoms with Gasteiger partial charge in [-0.15, -0.1) is 0 Å². The minimum Gasteiger partial charge on any atom is -0.392 e. The Bertz CT molecular complexity index is 614. The van der Waals surface area contributed by atoms with E-state index in [9.17, 15) is 14.5 Å². The second-order valence-electron chi connectivity index (χ2n) is 4.25. The van der Waals surface area contributed by atoms with Gasteiger partial charge in [0, 0.05) is 6.54 Å². The quantitative estimate of drug-likeness (QED) is 0.650. The highest BCUT2D eigenvalue weighted by Crippen LogP contribution is 2.25. The molecule has 2 rings (SSSR count). The zero-order chi connectivity index (χ0) is 14.5. The molecule has 0 aliphatic carbocycles. The van der Waals surface area contributed by atoms with Crippen LogP contribution in [0.2, 0.25) is 0 Å². The second kappa shape index (κ2) is 6.12. The Hall–Kier alpha value is -2.47. The SMILES string of the molecule is O=[N+]([O-])c1cc(F)ccc1NCc1ccc(CO)cc1. The lowest BCUT2D eigenvalue weighted by atomic mass is 10.1. The van der Waals surface area contributed by atoms with Gasteiger partial charge in [-0.3, -0.25) is 10.1 Å². The molecule has 5 nitrogen and oxygen atoms in total. The number of aliphatic hydroxyl groups excluding tert-OH is 1. The van der Waals surface area contributed by atoms with Crippen LogP contribution in [0.4, 0.5) is 15.8 Å². The third kappa shape index (κ3) is 3.30. The Morgan fingerprint density at radius 2 is 1.80 bits per heavy atom. The molecule has 0 atom stereocenters. The highest BCUT2D eigenvalue weighted by Gasteiger charge is 2.14. The van der Waals surface area contributed by atoms with Gasteiger partial charge in [-0.2, -0.15) is 0 Å². The number of rotatable bonds is 5. The third-order valence-corrected chi connectivity index (χ3v) is 2.84. The molecule has 2 aromatic carbocycles. The lowest BCUT2D eigenvalue weighted by molar-refractivity contribution is -0.384. The standard InChI is InChI=1S/C14H13FN2O3/c15-12-5-6-13(14(7-12)17(19)20)16-8-10-1-3-11(9-18)4-2-10/h1-7,16,18H,8-9H2. The summed E-state index contributed by atoms with van der Waals surface area (Å²) in [7, 11) is 0. The molecule has 0 aliphatic heterocycles. The number of anilines is 1. The van der Waals surface area contributed by atoms with Crippen LogP contribution < -0.4 is 5.32 Å². The van der Waals surface area contributed by atoms with Crippen molar-refractivity contribution in [2.75, 3.05) is 5.32 Å². The molecule has 104 valence electrons. The first-order valence-electron chi connectivity index (χ1n) is 5.96. The molecule has 0 heterocycles. The van der Waals surface area contributed by atoms with Gasteiger partial charge >= 0.3 is 0 Å². The highest BCUT2D eigenvalue weighted by molar-refractivity contribution is 5.61. The lowest BCUT2D eigenvalue weighted by Gasteiger charge is -2.07. The fourth-order valence-electron chi connectivity index (χ4n) is 1.77. The molecular formula is C14H13FN2O3. The fraction of sp³-hybridized carbons (Fsp3) is 0.143. The van der Waals surface area contributed by atoms with E-state index < -0.39 is 10.7 Å². The Morgan fingerprint density at radius 1 is 1.15 bits per heavy atom. The van der Waals surface area contributed by atoms with E-state index >= 15 is 0 Å². The topological polar surface area (TPSA) is 75.4 Å². The molecule has 6 heteroatoms. The van der Waals surface area contributed by atoms with E-state index in [1.54, 1.807) is 12.1 Å². The molecule has 0 aromatic heterocycles. The van der Waals surface area contributed by atoms with Gasteiger partial charge in [-0.25, -0.2) is 4.39 Å². The third-order valence-electron chi connectivity index (χ3n) is 2.84. The lowest BCUT2D eigenvalue weighted by Crippen LogP contribution is -2.03. The molecule has 0 spiro atoms. The van der Waals surface area contributed by atoms with E-state index in [0.717, 1.165) is 17.2 Å². The van der Waals surface area contributed by atoms with E-state index in [-0.39, 0.29) is 18.0 Å². The van der Waals surface area contributed by atoms with E-state index in [1.807, 2.05) is 12.1 Å². The van der Waals surface area contributed by atoms with Gasteiger partial charge < -0.3 is 10.4 Å². The number of aliphatic hydroxyl groups is 1. The maximum atomic E-state index is 13.0. The summed E-state index contributed by atoms with van der Waals surface area (Å²) in [6, 6.07) is 10.6. The predicted molar refractivity (Wildman–Crippen MR) is 72.7 cm³/mol. The smallest absolute Gasteiger partial charge is 0.295 e. The van der Waals surface area contributed by atoms with Crippen molar-refractivity contribution in [3.8, 4) is 0 Å². The van der Waals surface area contributed by atoms with E-state index in [2.05, 4.69) is 5.32 Å². The number of hydrogen-bond donors (Lipinski definition) is 2. The average molecular weight is 276 g/mol. The Balaban J connectivity index is 2.12. The molecule has 0 fully saturated rings. The number of nitro benzene ring substituents is 1. The number of halogens is 1. The first-order chi connectivity index (χ1) is 9.60. The van der Waals surface area contributed by atoms with Crippen LogP contribution in [0.5, 0.6) is 0 Å².